The number of halogens is 1. The molecule has 2 atom stereocenters. The molecular weight excluding hydrogens is 549 g/mol. The number of rotatable bonds is 8. The Morgan fingerprint density at radius 1 is 1.12 bits per heavy atom. The smallest absolute Gasteiger partial charge is 0.251 e. The minimum Gasteiger partial charge on any atom is -0.384 e. The fourth-order valence-corrected chi connectivity index (χ4v) is 5.90. The summed E-state index contributed by atoms with van der Waals surface area (Å²) in [5.74, 6) is -2.77. The number of thiophene rings is 1. The molecule has 0 aliphatic carbocycles. The Bertz CT molecular complexity index is 1470. The lowest BCUT2D eigenvalue weighted by Gasteiger charge is -2.25. The molecule has 1 aromatic heterocycles. The maximum absolute atomic E-state index is 13.4. The maximum atomic E-state index is 13.4. The van der Waals surface area contributed by atoms with Gasteiger partial charge < -0.3 is 30.7 Å². The van der Waals surface area contributed by atoms with Crippen molar-refractivity contribution in [1.29, 1.82) is 5.41 Å². The molecule has 3 amide bonds. The van der Waals surface area contributed by atoms with E-state index in [1.807, 2.05) is 13.0 Å². The van der Waals surface area contributed by atoms with Crippen LogP contribution in [0.2, 0.25) is 0 Å². The van der Waals surface area contributed by atoms with Gasteiger partial charge in [0.05, 0.1) is 32.3 Å². The molecule has 2 fully saturated rings. The van der Waals surface area contributed by atoms with Crippen LogP contribution in [0.4, 0.5) is 4.39 Å². The molecule has 41 heavy (non-hydrogen) atoms. The number of ether oxygens (including phenoxy) is 2. The van der Waals surface area contributed by atoms with E-state index in [1.165, 1.54) is 28.4 Å². The number of nitrogen functional groups attached to an aromatic ring is 1. The molecule has 12 heteroatoms. The fourth-order valence-electron chi connectivity index (χ4n) is 4.99. The summed E-state index contributed by atoms with van der Waals surface area (Å²) in [6.45, 7) is 2.25. The highest BCUT2D eigenvalue weighted by molar-refractivity contribution is 7.10. The van der Waals surface area contributed by atoms with Crippen molar-refractivity contribution < 1.29 is 28.2 Å². The lowest BCUT2D eigenvalue weighted by molar-refractivity contribution is -0.152. The Morgan fingerprint density at radius 3 is 2.54 bits per heavy atom. The second-order valence-corrected chi connectivity index (χ2v) is 10.9. The van der Waals surface area contributed by atoms with Crippen LogP contribution in [-0.2, 0) is 19.1 Å². The summed E-state index contributed by atoms with van der Waals surface area (Å²) in [6, 6.07) is 13.2. The summed E-state index contributed by atoms with van der Waals surface area (Å²) >= 11 is 1.38. The van der Waals surface area contributed by atoms with Gasteiger partial charge in [-0.3, -0.25) is 19.8 Å². The first-order chi connectivity index (χ1) is 19.6. The monoisotopic (exact) mass is 579 g/mol. The van der Waals surface area contributed by atoms with Crippen molar-refractivity contribution in [2.45, 2.75) is 31.2 Å². The number of carbonyl (C=O) groups is 3. The molecule has 0 unspecified atom stereocenters. The van der Waals surface area contributed by atoms with E-state index in [9.17, 15) is 18.8 Å². The van der Waals surface area contributed by atoms with Crippen molar-refractivity contribution >= 4 is 34.9 Å². The zero-order chi connectivity index (χ0) is 29.1. The predicted molar refractivity (Wildman–Crippen MR) is 151 cm³/mol. The largest absolute Gasteiger partial charge is 0.384 e. The van der Waals surface area contributed by atoms with Gasteiger partial charge in [0.1, 0.15) is 17.7 Å². The molecule has 5 N–H and O–H groups in total. The van der Waals surface area contributed by atoms with Gasteiger partial charge in [0.15, 0.2) is 5.79 Å². The van der Waals surface area contributed by atoms with Crippen LogP contribution in [0, 0.1) is 11.2 Å². The Hall–Kier alpha value is -4.13. The normalized spacial score (nSPS) is 18.3. The summed E-state index contributed by atoms with van der Waals surface area (Å²) < 4.78 is 24.9. The molecule has 3 heterocycles. The molecule has 0 saturated carbocycles. The quantitative estimate of drug-likeness (QED) is 0.238. The minimum atomic E-state index is -1.07. The van der Waals surface area contributed by atoms with E-state index in [0.29, 0.717) is 24.3 Å². The van der Waals surface area contributed by atoms with Crippen molar-refractivity contribution in [2.75, 3.05) is 26.3 Å². The predicted octanol–water partition coefficient (Wildman–Crippen LogP) is 2.79. The molecule has 2 aliphatic rings. The van der Waals surface area contributed by atoms with Crippen molar-refractivity contribution in [2.24, 2.45) is 5.73 Å². The topological polar surface area (TPSA) is 147 Å². The molecule has 10 nitrogen and oxygen atoms in total. The third kappa shape index (κ3) is 6.29. The van der Waals surface area contributed by atoms with Crippen LogP contribution in [-0.4, -0.2) is 66.6 Å². The Balaban J connectivity index is 1.25. The number of benzene rings is 2. The van der Waals surface area contributed by atoms with E-state index in [-0.39, 0.29) is 43.1 Å². The molecule has 5 rings (SSSR count). The summed E-state index contributed by atoms with van der Waals surface area (Å²) in [6.07, 6.45) is 0.161. The third-order valence-corrected chi connectivity index (χ3v) is 8.26. The highest BCUT2D eigenvalue weighted by Gasteiger charge is 2.52. The molecule has 3 aromatic rings. The molecule has 0 bridgehead atoms. The van der Waals surface area contributed by atoms with Crippen LogP contribution in [0.3, 0.4) is 0 Å². The summed E-state index contributed by atoms with van der Waals surface area (Å²) in [7, 11) is 0. The molecule has 0 radical (unpaired) electrons. The van der Waals surface area contributed by atoms with E-state index in [0.717, 1.165) is 16.0 Å². The SMILES string of the molecule is C[C@@H](NC(=O)[C@@H]1CC2(CN1C(=O)CNC(=O)c1cccc(-c3ccc(F)cc3)c1)OCCO2)c1cc(C(=N)N)cs1. The van der Waals surface area contributed by atoms with E-state index in [2.05, 4.69) is 10.6 Å². The number of likely N-dealkylation sites (tertiary alicyclic amines) is 1. The zero-order valence-electron chi connectivity index (χ0n) is 22.3. The number of amides is 3. The standard InChI is InChI=1S/C29H30FN5O5S/c1-17(24-12-21(15-41-24)26(31)32)34-28(38)23-13-29(39-9-10-40-29)16-35(23)25(36)14-33-27(37)20-4-2-3-19(11-20)18-5-7-22(30)8-6-18/h2-8,11-12,15,17,23H,9-10,13-14,16H2,1H3,(H3,31,32)(H,33,37)(H,34,38)/t17-,23+/m1/s1. The van der Waals surface area contributed by atoms with Crippen LogP contribution in [0.1, 0.15) is 40.2 Å². The van der Waals surface area contributed by atoms with E-state index >= 15 is 0 Å². The lowest BCUT2D eigenvalue weighted by Crippen LogP contribution is -2.49. The van der Waals surface area contributed by atoms with Gasteiger partial charge in [-0.1, -0.05) is 24.3 Å². The van der Waals surface area contributed by atoms with E-state index < -0.39 is 23.6 Å². The van der Waals surface area contributed by atoms with Gasteiger partial charge in [0.2, 0.25) is 11.8 Å². The zero-order valence-corrected chi connectivity index (χ0v) is 23.1. The number of hydrogen-bond acceptors (Lipinski definition) is 7. The number of nitrogens with one attached hydrogen (secondary N) is 3. The Kier molecular flexibility index (Phi) is 8.15. The first-order valence-electron chi connectivity index (χ1n) is 13.1. The van der Waals surface area contributed by atoms with Crippen molar-refractivity contribution in [3.63, 3.8) is 0 Å². The van der Waals surface area contributed by atoms with Crippen LogP contribution in [0.15, 0.2) is 60.0 Å². The number of nitrogens with two attached hydrogens (primary N) is 1. The number of amidine groups is 1. The van der Waals surface area contributed by atoms with Crippen LogP contribution >= 0.6 is 11.3 Å². The van der Waals surface area contributed by atoms with Crippen LogP contribution < -0.4 is 16.4 Å². The summed E-state index contributed by atoms with van der Waals surface area (Å²) in [5, 5.41) is 14.9. The first-order valence-corrected chi connectivity index (χ1v) is 14.0. The van der Waals surface area contributed by atoms with Crippen molar-refractivity contribution in [3.8, 4) is 11.1 Å². The first kappa shape index (κ1) is 28.4. The summed E-state index contributed by atoms with van der Waals surface area (Å²) in [4.78, 5) is 41.9. The van der Waals surface area contributed by atoms with E-state index in [4.69, 9.17) is 20.6 Å². The molecule has 2 saturated heterocycles. The van der Waals surface area contributed by atoms with Crippen LogP contribution in [0.25, 0.3) is 11.1 Å². The van der Waals surface area contributed by atoms with Crippen molar-refractivity contribution in [3.05, 3.63) is 81.8 Å². The van der Waals surface area contributed by atoms with Gasteiger partial charge in [-0.15, -0.1) is 11.3 Å². The Labute approximate surface area is 240 Å². The molecule has 2 aromatic carbocycles. The number of hydrogen-bond donors (Lipinski definition) is 4. The lowest BCUT2D eigenvalue weighted by atomic mass is 10.0. The minimum absolute atomic E-state index is 0.0553. The average Bonchev–Trinajstić information content (AvgIpc) is 3.73. The summed E-state index contributed by atoms with van der Waals surface area (Å²) in [5.41, 5.74) is 7.95. The highest BCUT2D eigenvalue weighted by Crippen LogP contribution is 2.35. The van der Waals surface area contributed by atoms with Gasteiger partial charge in [-0.05, 0) is 48.4 Å². The molecule has 214 valence electrons. The molecule has 2 aliphatic heterocycles. The highest BCUT2D eigenvalue weighted by atomic mass is 32.1. The van der Waals surface area contributed by atoms with E-state index in [1.54, 1.807) is 41.8 Å². The van der Waals surface area contributed by atoms with Crippen LogP contribution in [0.5, 0.6) is 0 Å². The molecular formula is C29H30FN5O5S. The van der Waals surface area contributed by atoms with Gasteiger partial charge in [-0.25, -0.2) is 4.39 Å². The Morgan fingerprint density at radius 2 is 1.85 bits per heavy atom. The number of nitrogens with zero attached hydrogens (tertiary/aromatic N) is 1. The maximum Gasteiger partial charge on any atom is 0.251 e. The van der Waals surface area contributed by atoms with Gasteiger partial charge >= 0.3 is 0 Å². The number of carbonyl (C=O) groups excluding carboxylic acids is 3. The van der Waals surface area contributed by atoms with Gasteiger partial charge in [0.25, 0.3) is 5.91 Å². The third-order valence-electron chi connectivity index (χ3n) is 7.15. The van der Waals surface area contributed by atoms with Gasteiger partial charge in [-0.2, -0.15) is 0 Å². The second kappa shape index (κ2) is 11.8. The van der Waals surface area contributed by atoms with Crippen molar-refractivity contribution in [1.82, 2.24) is 15.5 Å². The van der Waals surface area contributed by atoms with Gasteiger partial charge in [0, 0.05) is 27.8 Å². The molecule has 1 spiro atoms. The fraction of sp³-hybridized carbons (Fsp3) is 0.310. The second-order valence-electron chi connectivity index (χ2n) is 10.0. The average molecular weight is 580 g/mol.